The van der Waals surface area contributed by atoms with E-state index >= 15 is 0 Å². The first-order valence-electron chi connectivity index (χ1n) is 9.38. The van der Waals surface area contributed by atoms with Crippen LogP contribution in [0.3, 0.4) is 0 Å². The summed E-state index contributed by atoms with van der Waals surface area (Å²) in [7, 11) is 0. The van der Waals surface area contributed by atoms with Gasteiger partial charge in [0.15, 0.2) is 6.61 Å². The lowest BCUT2D eigenvalue weighted by molar-refractivity contribution is -0.119. The third kappa shape index (κ3) is 4.00. The van der Waals surface area contributed by atoms with Crippen LogP contribution in [0, 0.1) is 6.92 Å². The molecule has 0 aliphatic carbocycles. The number of carbonyl (C=O) groups excluding carboxylic acids is 3. The van der Waals surface area contributed by atoms with E-state index in [4.69, 9.17) is 4.74 Å². The molecular formula is C22H20N2O4S. The van der Waals surface area contributed by atoms with Gasteiger partial charge in [0.05, 0.1) is 0 Å². The molecule has 0 unspecified atom stereocenters. The van der Waals surface area contributed by atoms with Gasteiger partial charge in [-0.15, -0.1) is 11.3 Å². The van der Waals surface area contributed by atoms with Crippen molar-refractivity contribution in [2.24, 2.45) is 0 Å². The zero-order valence-electron chi connectivity index (χ0n) is 15.9. The lowest BCUT2D eigenvalue weighted by atomic mass is 10.1. The van der Waals surface area contributed by atoms with Gasteiger partial charge in [0, 0.05) is 29.0 Å². The van der Waals surface area contributed by atoms with E-state index in [1.54, 1.807) is 29.2 Å². The smallest absolute Gasteiger partial charge is 0.349 e. The molecule has 0 atom stereocenters. The predicted molar refractivity (Wildman–Crippen MR) is 114 cm³/mol. The van der Waals surface area contributed by atoms with Gasteiger partial charge in [-0.25, -0.2) is 4.79 Å². The molecule has 2 amide bonds. The lowest BCUT2D eigenvalue weighted by Crippen LogP contribution is -2.23. The second kappa shape index (κ2) is 8.05. The molecule has 4 rings (SSSR count). The Morgan fingerprint density at radius 2 is 1.90 bits per heavy atom. The van der Waals surface area contributed by atoms with Crippen LogP contribution in [0.5, 0.6) is 0 Å². The minimum Gasteiger partial charge on any atom is -0.451 e. The van der Waals surface area contributed by atoms with Crippen LogP contribution >= 0.6 is 11.3 Å². The van der Waals surface area contributed by atoms with Gasteiger partial charge in [-0.05, 0) is 54.6 Å². The molecule has 0 spiro atoms. The van der Waals surface area contributed by atoms with Crippen molar-refractivity contribution < 1.29 is 19.1 Å². The maximum atomic E-state index is 12.4. The summed E-state index contributed by atoms with van der Waals surface area (Å²) >= 11 is 1.36. The monoisotopic (exact) mass is 408 g/mol. The molecule has 1 fully saturated rings. The summed E-state index contributed by atoms with van der Waals surface area (Å²) in [4.78, 5) is 38.6. The van der Waals surface area contributed by atoms with E-state index < -0.39 is 11.9 Å². The molecule has 6 nitrogen and oxygen atoms in total. The SMILES string of the molecule is Cc1c(C(=O)OCC(=O)Nc2ccc(N3CCCC3=O)cc2)sc2ccccc12. The van der Waals surface area contributed by atoms with Crippen LogP contribution in [0.2, 0.25) is 0 Å². The summed E-state index contributed by atoms with van der Waals surface area (Å²) in [6.07, 6.45) is 1.44. The van der Waals surface area contributed by atoms with Crippen molar-refractivity contribution in [2.45, 2.75) is 19.8 Å². The number of nitrogens with zero attached hydrogens (tertiary/aromatic N) is 1. The third-order valence-electron chi connectivity index (χ3n) is 4.90. The topological polar surface area (TPSA) is 75.7 Å². The van der Waals surface area contributed by atoms with Crippen molar-refractivity contribution in [3.05, 3.63) is 59.0 Å². The Hall–Kier alpha value is -3.19. The molecule has 7 heteroatoms. The standard InChI is InChI=1S/C22H20N2O4S/c1-14-17-5-2-3-6-18(17)29-21(14)22(27)28-13-19(25)23-15-8-10-16(11-9-15)24-12-4-7-20(24)26/h2-3,5-6,8-11H,4,7,12-13H2,1H3,(H,23,25). The van der Waals surface area contributed by atoms with Gasteiger partial charge in [0.1, 0.15) is 4.88 Å². The highest BCUT2D eigenvalue weighted by Crippen LogP contribution is 2.31. The molecule has 29 heavy (non-hydrogen) atoms. The fourth-order valence-corrected chi connectivity index (χ4v) is 4.51. The van der Waals surface area contributed by atoms with Crippen molar-refractivity contribution in [3.63, 3.8) is 0 Å². The summed E-state index contributed by atoms with van der Waals surface area (Å²) in [5, 5.41) is 3.72. The number of benzene rings is 2. The van der Waals surface area contributed by atoms with Crippen LogP contribution < -0.4 is 10.2 Å². The number of amides is 2. The Kier molecular flexibility index (Phi) is 5.31. The van der Waals surface area contributed by atoms with Gasteiger partial charge < -0.3 is 15.0 Å². The molecular weight excluding hydrogens is 388 g/mol. The van der Waals surface area contributed by atoms with Crippen LogP contribution in [-0.4, -0.2) is 30.9 Å². The number of hydrogen-bond donors (Lipinski definition) is 1. The molecule has 0 radical (unpaired) electrons. The molecule has 1 aliphatic rings. The van der Waals surface area contributed by atoms with E-state index in [-0.39, 0.29) is 12.5 Å². The minimum atomic E-state index is -0.498. The van der Waals surface area contributed by atoms with Crippen molar-refractivity contribution in [3.8, 4) is 0 Å². The van der Waals surface area contributed by atoms with Crippen LogP contribution in [0.25, 0.3) is 10.1 Å². The molecule has 1 saturated heterocycles. The molecule has 2 aromatic carbocycles. The fraction of sp³-hybridized carbons (Fsp3) is 0.227. The van der Waals surface area contributed by atoms with Gasteiger partial charge in [0.25, 0.3) is 5.91 Å². The number of fused-ring (bicyclic) bond motifs is 1. The normalized spacial score (nSPS) is 13.7. The first kappa shape index (κ1) is 19.1. The van der Waals surface area contributed by atoms with E-state index in [1.165, 1.54) is 11.3 Å². The maximum Gasteiger partial charge on any atom is 0.349 e. The van der Waals surface area contributed by atoms with E-state index in [2.05, 4.69) is 5.32 Å². The summed E-state index contributed by atoms with van der Waals surface area (Å²) in [5.74, 6) is -0.797. The average Bonchev–Trinajstić information content (AvgIpc) is 3.30. The van der Waals surface area contributed by atoms with E-state index in [0.717, 1.165) is 34.3 Å². The quantitative estimate of drug-likeness (QED) is 0.644. The molecule has 2 heterocycles. The predicted octanol–water partition coefficient (Wildman–Crippen LogP) is 4.13. The Morgan fingerprint density at radius 3 is 2.59 bits per heavy atom. The number of hydrogen-bond acceptors (Lipinski definition) is 5. The number of carbonyl (C=O) groups is 3. The highest BCUT2D eigenvalue weighted by Gasteiger charge is 2.21. The van der Waals surface area contributed by atoms with E-state index in [9.17, 15) is 14.4 Å². The summed E-state index contributed by atoms with van der Waals surface area (Å²) in [5.41, 5.74) is 2.26. The molecule has 0 bridgehead atoms. The van der Waals surface area contributed by atoms with E-state index in [0.29, 0.717) is 17.0 Å². The van der Waals surface area contributed by atoms with Crippen LogP contribution in [0.4, 0.5) is 11.4 Å². The van der Waals surface area contributed by atoms with Gasteiger partial charge in [0.2, 0.25) is 5.91 Å². The van der Waals surface area contributed by atoms with Crippen LogP contribution in [-0.2, 0) is 14.3 Å². The number of nitrogens with one attached hydrogen (secondary N) is 1. The number of esters is 1. The average molecular weight is 408 g/mol. The third-order valence-corrected chi connectivity index (χ3v) is 6.15. The highest BCUT2D eigenvalue weighted by atomic mass is 32.1. The minimum absolute atomic E-state index is 0.116. The van der Waals surface area contributed by atoms with Crippen molar-refractivity contribution in [1.82, 2.24) is 0 Å². The van der Waals surface area contributed by atoms with Gasteiger partial charge in [-0.2, -0.15) is 0 Å². The number of thiophene rings is 1. The summed E-state index contributed by atoms with van der Waals surface area (Å²) in [6.45, 7) is 2.23. The van der Waals surface area contributed by atoms with Crippen molar-refractivity contribution in [2.75, 3.05) is 23.4 Å². The van der Waals surface area contributed by atoms with Crippen LogP contribution in [0.15, 0.2) is 48.5 Å². The van der Waals surface area contributed by atoms with Gasteiger partial charge in [-0.3, -0.25) is 9.59 Å². The zero-order chi connectivity index (χ0) is 20.4. The molecule has 0 saturated carbocycles. The summed E-state index contributed by atoms with van der Waals surface area (Å²) in [6, 6.07) is 14.8. The maximum absolute atomic E-state index is 12.4. The van der Waals surface area contributed by atoms with Crippen molar-refractivity contribution >= 4 is 50.6 Å². The highest BCUT2D eigenvalue weighted by molar-refractivity contribution is 7.21. The molecule has 1 aliphatic heterocycles. The first-order chi connectivity index (χ1) is 14.0. The summed E-state index contributed by atoms with van der Waals surface area (Å²) < 4.78 is 6.21. The number of ether oxygens (including phenoxy) is 1. The van der Waals surface area contributed by atoms with Crippen molar-refractivity contribution in [1.29, 1.82) is 0 Å². The van der Waals surface area contributed by atoms with Gasteiger partial charge in [-0.1, -0.05) is 18.2 Å². The van der Waals surface area contributed by atoms with E-state index in [1.807, 2.05) is 31.2 Å². The zero-order valence-corrected chi connectivity index (χ0v) is 16.8. The Bertz CT molecular complexity index is 1090. The first-order valence-corrected chi connectivity index (χ1v) is 10.2. The number of rotatable bonds is 5. The lowest BCUT2D eigenvalue weighted by Gasteiger charge is -2.16. The van der Waals surface area contributed by atoms with Gasteiger partial charge >= 0.3 is 5.97 Å². The number of anilines is 2. The Morgan fingerprint density at radius 1 is 1.14 bits per heavy atom. The largest absolute Gasteiger partial charge is 0.451 e. The second-order valence-electron chi connectivity index (χ2n) is 6.87. The van der Waals surface area contributed by atoms with Crippen LogP contribution in [0.1, 0.15) is 28.1 Å². The Labute approximate surface area is 172 Å². The second-order valence-corrected chi connectivity index (χ2v) is 7.92. The Balaban J connectivity index is 1.34. The molecule has 148 valence electrons. The molecule has 1 aromatic heterocycles. The molecule has 1 N–H and O–H groups in total. The fourth-order valence-electron chi connectivity index (χ4n) is 3.41. The number of aryl methyl sites for hydroxylation is 1. The molecule has 3 aromatic rings.